The number of rotatable bonds is 5. The third kappa shape index (κ3) is 3.90. The maximum atomic E-state index is 11.6. The lowest BCUT2D eigenvalue weighted by molar-refractivity contribution is -0.132. The van der Waals surface area contributed by atoms with Crippen molar-refractivity contribution >= 4 is 11.7 Å². The lowest BCUT2D eigenvalue weighted by Gasteiger charge is -2.21. The van der Waals surface area contributed by atoms with Crippen LogP contribution in [0.15, 0.2) is 0 Å². The highest BCUT2D eigenvalue weighted by atomic mass is 16.2. The minimum atomic E-state index is -0.378. The predicted molar refractivity (Wildman–Crippen MR) is 56.9 cm³/mol. The lowest BCUT2D eigenvalue weighted by Crippen LogP contribution is -2.40. The number of Topliss-reactive ketones (excluding diaryl/α,β-unsaturated/α-hetero) is 1. The minimum Gasteiger partial charge on any atom is -0.349 e. The van der Waals surface area contributed by atoms with Gasteiger partial charge in [0.2, 0.25) is 5.91 Å². The second-order valence-electron chi connectivity index (χ2n) is 4.54. The Hall–Kier alpha value is -0.860. The number of hydrogen-bond donors (Lipinski definition) is 1. The Labute approximate surface area is 86.3 Å². The van der Waals surface area contributed by atoms with Crippen molar-refractivity contribution in [3.8, 4) is 0 Å². The summed E-state index contributed by atoms with van der Waals surface area (Å²) >= 11 is 0. The number of hydrogen-bond acceptors (Lipinski definition) is 2. The SMILES string of the molecule is CCC(C)(C)C(=O)NCC(=O)C(C)C. The molecule has 0 atom stereocenters. The Kier molecular flexibility index (Phi) is 4.81. The Bertz CT molecular complexity index is 219. The molecule has 0 radical (unpaired) electrons. The van der Waals surface area contributed by atoms with Gasteiger partial charge in [-0.1, -0.05) is 34.6 Å². The monoisotopic (exact) mass is 199 g/mol. The normalized spacial score (nSPS) is 11.6. The molecule has 1 N–H and O–H groups in total. The van der Waals surface area contributed by atoms with Gasteiger partial charge >= 0.3 is 0 Å². The van der Waals surface area contributed by atoms with E-state index >= 15 is 0 Å². The molecule has 0 spiro atoms. The summed E-state index contributed by atoms with van der Waals surface area (Å²) in [5, 5.41) is 2.67. The van der Waals surface area contributed by atoms with Crippen LogP contribution in [0.1, 0.15) is 41.0 Å². The average Bonchev–Trinajstić information content (AvgIpc) is 2.13. The van der Waals surface area contributed by atoms with E-state index in [1.807, 2.05) is 34.6 Å². The molecule has 0 aliphatic carbocycles. The predicted octanol–water partition coefficient (Wildman–Crippen LogP) is 1.76. The molecule has 1 amide bonds. The van der Waals surface area contributed by atoms with Crippen LogP contribution >= 0.6 is 0 Å². The van der Waals surface area contributed by atoms with Gasteiger partial charge in [-0.05, 0) is 6.42 Å². The summed E-state index contributed by atoms with van der Waals surface area (Å²) < 4.78 is 0. The molecule has 0 aliphatic rings. The van der Waals surface area contributed by atoms with Gasteiger partial charge in [-0.2, -0.15) is 0 Å². The second kappa shape index (κ2) is 5.13. The number of amides is 1. The zero-order valence-corrected chi connectivity index (χ0v) is 9.81. The lowest BCUT2D eigenvalue weighted by atomic mass is 9.89. The van der Waals surface area contributed by atoms with Crippen LogP contribution in [-0.2, 0) is 9.59 Å². The molecule has 14 heavy (non-hydrogen) atoms. The molecule has 0 aliphatic heterocycles. The zero-order chi connectivity index (χ0) is 11.4. The highest BCUT2D eigenvalue weighted by molar-refractivity contribution is 5.89. The summed E-state index contributed by atoms with van der Waals surface area (Å²) in [5.41, 5.74) is -0.378. The number of carbonyl (C=O) groups is 2. The van der Waals surface area contributed by atoms with E-state index in [9.17, 15) is 9.59 Å². The van der Waals surface area contributed by atoms with E-state index in [1.165, 1.54) is 0 Å². The van der Waals surface area contributed by atoms with Gasteiger partial charge in [0.25, 0.3) is 0 Å². The topological polar surface area (TPSA) is 46.2 Å². The first-order valence-electron chi connectivity index (χ1n) is 5.12. The van der Waals surface area contributed by atoms with Crippen molar-refractivity contribution in [1.82, 2.24) is 5.32 Å². The van der Waals surface area contributed by atoms with Crippen LogP contribution in [0, 0.1) is 11.3 Å². The second-order valence-corrected chi connectivity index (χ2v) is 4.54. The van der Waals surface area contributed by atoms with Crippen molar-refractivity contribution in [2.75, 3.05) is 6.54 Å². The van der Waals surface area contributed by atoms with Gasteiger partial charge in [-0.15, -0.1) is 0 Å². The Morgan fingerprint density at radius 1 is 1.29 bits per heavy atom. The third-order valence-corrected chi connectivity index (χ3v) is 2.57. The van der Waals surface area contributed by atoms with Crippen LogP contribution in [0.2, 0.25) is 0 Å². The van der Waals surface area contributed by atoms with E-state index in [0.29, 0.717) is 0 Å². The van der Waals surface area contributed by atoms with Crippen molar-refractivity contribution in [3.05, 3.63) is 0 Å². The molecular formula is C11H21NO2. The average molecular weight is 199 g/mol. The van der Waals surface area contributed by atoms with Crippen LogP contribution in [0.4, 0.5) is 0 Å². The fourth-order valence-electron chi connectivity index (χ4n) is 0.771. The van der Waals surface area contributed by atoms with Crippen molar-refractivity contribution < 1.29 is 9.59 Å². The summed E-state index contributed by atoms with van der Waals surface area (Å²) in [6, 6.07) is 0. The molecule has 0 saturated heterocycles. The minimum absolute atomic E-state index is 0.0139. The van der Waals surface area contributed by atoms with Gasteiger partial charge in [0, 0.05) is 11.3 Å². The van der Waals surface area contributed by atoms with Crippen LogP contribution in [0.5, 0.6) is 0 Å². The van der Waals surface area contributed by atoms with E-state index in [0.717, 1.165) is 6.42 Å². The van der Waals surface area contributed by atoms with Gasteiger partial charge in [-0.25, -0.2) is 0 Å². The molecule has 0 aromatic rings. The van der Waals surface area contributed by atoms with Crippen LogP contribution in [-0.4, -0.2) is 18.2 Å². The molecule has 0 fully saturated rings. The van der Waals surface area contributed by atoms with Crippen LogP contribution in [0.25, 0.3) is 0 Å². The van der Waals surface area contributed by atoms with Crippen molar-refractivity contribution in [2.45, 2.75) is 41.0 Å². The summed E-state index contributed by atoms with van der Waals surface area (Å²) in [6.45, 7) is 9.53. The van der Waals surface area contributed by atoms with Crippen molar-refractivity contribution in [3.63, 3.8) is 0 Å². The maximum absolute atomic E-state index is 11.6. The van der Waals surface area contributed by atoms with Gasteiger partial charge in [-0.3, -0.25) is 9.59 Å². The molecule has 0 bridgehead atoms. The Balaban J connectivity index is 4.04. The molecule has 3 heteroatoms. The first kappa shape index (κ1) is 13.1. The highest BCUT2D eigenvalue weighted by Gasteiger charge is 2.25. The van der Waals surface area contributed by atoms with Crippen LogP contribution < -0.4 is 5.32 Å². The van der Waals surface area contributed by atoms with Crippen molar-refractivity contribution in [2.24, 2.45) is 11.3 Å². The first-order chi connectivity index (χ1) is 6.31. The summed E-state index contributed by atoms with van der Waals surface area (Å²) in [5.74, 6) is 0.0132. The molecular weight excluding hydrogens is 178 g/mol. The maximum Gasteiger partial charge on any atom is 0.226 e. The van der Waals surface area contributed by atoms with Crippen molar-refractivity contribution in [1.29, 1.82) is 0 Å². The summed E-state index contributed by atoms with van der Waals surface area (Å²) in [6.07, 6.45) is 0.773. The Morgan fingerprint density at radius 2 is 1.79 bits per heavy atom. The van der Waals surface area contributed by atoms with Crippen LogP contribution in [0.3, 0.4) is 0 Å². The van der Waals surface area contributed by atoms with Gasteiger partial charge in [0.15, 0.2) is 5.78 Å². The van der Waals surface area contributed by atoms with E-state index in [4.69, 9.17) is 0 Å². The molecule has 0 heterocycles. The largest absolute Gasteiger partial charge is 0.349 e. The van der Waals surface area contributed by atoms with E-state index in [2.05, 4.69) is 5.32 Å². The molecule has 0 rings (SSSR count). The van der Waals surface area contributed by atoms with E-state index in [1.54, 1.807) is 0 Å². The van der Waals surface area contributed by atoms with Gasteiger partial charge < -0.3 is 5.32 Å². The number of nitrogens with one attached hydrogen (secondary N) is 1. The molecule has 3 nitrogen and oxygen atoms in total. The van der Waals surface area contributed by atoms with E-state index in [-0.39, 0.29) is 29.6 Å². The zero-order valence-electron chi connectivity index (χ0n) is 9.81. The number of ketones is 1. The van der Waals surface area contributed by atoms with Gasteiger partial charge in [0.1, 0.15) is 0 Å². The molecule has 0 saturated carbocycles. The fraction of sp³-hybridized carbons (Fsp3) is 0.818. The smallest absolute Gasteiger partial charge is 0.226 e. The third-order valence-electron chi connectivity index (χ3n) is 2.57. The molecule has 82 valence electrons. The quantitative estimate of drug-likeness (QED) is 0.733. The summed E-state index contributed by atoms with van der Waals surface area (Å²) in [4.78, 5) is 22.8. The standard InChI is InChI=1S/C11H21NO2/c1-6-11(4,5)10(14)12-7-9(13)8(2)3/h8H,6-7H2,1-5H3,(H,12,14). The highest BCUT2D eigenvalue weighted by Crippen LogP contribution is 2.19. The van der Waals surface area contributed by atoms with Gasteiger partial charge in [0.05, 0.1) is 6.54 Å². The first-order valence-corrected chi connectivity index (χ1v) is 5.12. The molecule has 0 aromatic carbocycles. The molecule has 0 unspecified atom stereocenters. The fourth-order valence-corrected chi connectivity index (χ4v) is 0.771. The Morgan fingerprint density at radius 3 is 2.14 bits per heavy atom. The van der Waals surface area contributed by atoms with E-state index < -0.39 is 0 Å². The summed E-state index contributed by atoms with van der Waals surface area (Å²) in [7, 11) is 0. The number of carbonyl (C=O) groups excluding carboxylic acids is 2. The molecule has 0 aromatic heterocycles.